The molecule has 0 aliphatic carbocycles. The van der Waals surface area contributed by atoms with Gasteiger partial charge in [-0.3, -0.25) is 4.79 Å². The van der Waals surface area contributed by atoms with Crippen molar-refractivity contribution in [1.29, 1.82) is 0 Å². The molecule has 1 N–H and O–H groups in total. The van der Waals surface area contributed by atoms with Crippen molar-refractivity contribution in [2.75, 3.05) is 0 Å². The number of carbonyl (C=O) groups excluding carboxylic acids is 1. The summed E-state index contributed by atoms with van der Waals surface area (Å²) in [5.41, 5.74) is 6.16. The molecule has 132 valence electrons. The zero-order valence-corrected chi connectivity index (χ0v) is 14.7. The van der Waals surface area contributed by atoms with Crippen LogP contribution < -0.4 is 10.2 Å². The number of hydrogen-bond donors (Lipinski definition) is 1. The maximum absolute atomic E-state index is 11.9. The third kappa shape index (κ3) is 4.60. The number of hydrogen-bond acceptors (Lipinski definition) is 4. The van der Waals surface area contributed by atoms with E-state index in [9.17, 15) is 4.79 Å². The molecule has 0 aliphatic heterocycles. The summed E-state index contributed by atoms with van der Waals surface area (Å²) in [6.45, 7) is 4.31. The Hall–Kier alpha value is -3.34. The SMILES string of the molecule is Cc1ccc(COc2ccc(/C=N\NC(=O)c3ccoc3C)cc2)cc1. The molecule has 0 radical (unpaired) electrons. The molecular formula is C21H20N2O3. The van der Waals surface area contributed by atoms with Crippen molar-refractivity contribution >= 4 is 12.1 Å². The first kappa shape index (κ1) is 17.5. The molecule has 2 aromatic carbocycles. The van der Waals surface area contributed by atoms with E-state index in [1.165, 1.54) is 11.8 Å². The topological polar surface area (TPSA) is 63.8 Å². The molecule has 0 spiro atoms. The van der Waals surface area contributed by atoms with Crippen molar-refractivity contribution in [3.63, 3.8) is 0 Å². The molecular weight excluding hydrogens is 328 g/mol. The number of ether oxygens (including phenoxy) is 1. The third-order valence-corrected chi connectivity index (χ3v) is 3.89. The predicted octanol–water partition coefficient (Wildman–Crippen LogP) is 4.24. The number of amides is 1. The van der Waals surface area contributed by atoms with E-state index in [-0.39, 0.29) is 5.91 Å². The van der Waals surface area contributed by atoms with Gasteiger partial charge < -0.3 is 9.15 Å². The zero-order valence-electron chi connectivity index (χ0n) is 14.7. The average Bonchev–Trinajstić information content (AvgIpc) is 3.08. The summed E-state index contributed by atoms with van der Waals surface area (Å²) in [7, 11) is 0. The van der Waals surface area contributed by atoms with Crippen LogP contribution in [0.25, 0.3) is 0 Å². The van der Waals surface area contributed by atoms with Crippen LogP contribution in [0.1, 0.15) is 32.8 Å². The molecule has 0 saturated carbocycles. The van der Waals surface area contributed by atoms with Crippen molar-refractivity contribution < 1.29 is 13.9 Å². The Labute approximate surface area is 152 Å². The number of benzene rings is 2. The summed E-state index contributed by atoms with van der Waals surface area (Å²) in [6, 6.07) is 17.4. The van der Waals surface area contributed by atoms with Crippen molar-refractivity contribution in [2.24, 2.45) is 5.10 Å². The van der Waals surface area contributed by atoms with Gasteiger partial charge in [-0.05, 0) is 55.3 Å². The van der Waals surface area contributed by atoms with E-state index in [1.807, 2.05) is 24.3 Å². The number of carbonyl (C=O) groups is 1. The number of aryl methyl sites for hydroxylation is 2. The first-order valence-corrected chi connectivity index (χ1v) is 8.28. The number of nitrogens with zero attached hydrogens (tertiary/aromatic N) is 1. The standard InChI is InChI=1S/C21H20N2O3/c1-15-3-5-18(6-4-15)14-26-19-9-7-17(8-10-19)13-22-23-21(24)20-11-12-25-16(20)2/h3-13H,14H2,1-2H3,(H,23,24)/b22-13-. The lowest BCUT2D eigenvalue weighted by Gasteiger charge is -2.06. The minimum Gasteiger partial charge on any atom is -0.489 e. The monoisotopic (exact) mass is 348 g/mol. The summed E-state index contributed by atoms with van der Waals surface area (Å²) < 4.78 is 10.9. The first-order chi connectivity index (χ1) is 12.6. The Bertz CT molecular complexity index is 894. The van der Waals surface area contributed by atoms with Crippen LogP contribution in [-0.2, 0) is 6.61 Å². The molecule has 5 nitrogen and oxygen atoms in total. The summed E-state index contributed by atoms with van der Waals surface area (Å²) in [6.07, 6.45) is 3.06. The zero-order chi connectivity index (χ0) is 18.4. The lowest BCUT2D eigenvalue weighted by Crippen LogP contribution is -2.17. The second kappa shape index (κ2) is 8.16. The number of nitrogens with one attached hydrogen (secondary N) is 1. The normalized spacial score (nSPS) is 10.8. The fourth-order valence-electron chi connectivity index (χ4n) is 2.35. The van der Waals surface area contributed by atoms with E-state index in [0.29, 0.717) is 17.9 Å². The highest BCUT2D eigenvalue weighted by atomic mass is 16.5. The van der Waals surface area contributed by atoms with E-state index in [2.05, 4.69) is 41.7 Å². The molecule has 1 aromatic heterocycles. The van der Waals surface area contributed by atoms with Crippen LogP contribution in [0, 0.1) is 13.8 Å². The number of furan rings is 1. The summed E-state index contributed by atoms with van der Waals surface area (Å²) in [5.74, 6) is 1.04. The summed E-state index contributed by atoms with van der Waals surface area (Å²) in [5, 5.41) is 3.96. The Morgan fingerprint density at radius 2 is 1.81 bits per heavy atom. The molecule has 0 fully saturated rings. The summed E-state index contributed by atoms with van der Waals surface area (Å²) in [4.78, 5) is 11.9. The second-order valence-corrected chi connectivity index (χ2v) is 5.93. The highest BCUT2D eigenvalue weighted by Gasteiger charge is 2.09. The van der Waals surface area contributed by atoms with Crippen molar-refractivity contribution in [3.8, 4) is 5.75 Å². The summed E-state index contributed by atoms with van der Waals surface area (Å²) >= 11 is 0. The number of hydrazone groups is 1. The van der Waals surface area contributed by atoms with Crippen LogP contribution in [-0.4, -0.2) is 12.1 Å². The van der Waals surface area contributed by atoms with Crippen LogP contribution in [0.5, 0.6) is 5.75 Å². The van der Waals surface area contributed by atoms with Gasteiger partial charge in [-0.2, -0.15) is 5.10 Å². The Morgan fingerprint density at radius 3 is 2.46 bits per heavy atom. The molecule has 0 bridgehead atoms. The lowest BCUT2D eigenvalue weighted by atomic mass is 10.2. The van der Waals surface area contributed by atoms with Crippen LogP contribution >= 0.6 is 0 Å². The van der Waals surface area contributed by atoms with Gasteiger partial charge in [0, 0.05) is 0 Å². The van der Waals surface area contributed by atoms with Gasteiger partial charge in [0.15, 0.2) is 0 Å². The van der Waals surface area contributed by atoms with Crippen molar-refractivity contribution in [2.45, 2.75) is 20.5 Å². The fraction of sp³-hybridized carbons (Fsp3) is 0.143. The van der Waals surface area contributed by atoms with Gasteiger partial charge >= 0.3 is 0 Å². The molecule has 0 unspecified atom stereocenters. The maximum atomic E-state index is 11.9. The smallest absolute Gasteiger partial charge is 0.274 e. The van der Waals surface area contributed by atoms with Gasteiger partial charge in [-0.15, -0.1) is 0 Å². The average molecular weight is 348 g/mol. The molecule has 26 heavy (non-hydrogen) atoms. The first-order valence-electron chi connectivity index (χ1n) is 8.28. The van der Waals surface area contributed by atoms with Crippen molar-refractivity contribution in [3.05, 3.63) is 88.9 Å². The van der Waals surface area contributed by atoms with Crippen LogP contribution in [0.3, 0.4) is 0 Å². The number of rotatable bonds is 6. The minimum absolute atomic E-state index is 0.300. The molecule has 5 heteroatoms. The van der Waals surface area contributed by atoms with Gasteiger partial charge in [0.25, 0.3) is 5.91 Å². The van der Waals surface area contributed by atoms with Gasteiger partial charge in [0.2, 0.25) is 0 Å². The highest BCUT2D eigenvalue weighted by molar-refractivity contribution is 5.95. The maximum Gasteiger partial charge on any atom is 0.274 e. The largest absolute Gasteiger partial charge is 0.489 e. The highest BCUT2D eigenvalue weighted by Crippen LogP contribution is 2.14. The molecule has 3 aromatic rings. The molecule has 0 aliphatic rings. The predicted molar refractivity (Wildman–Crippen MR) is 100 cm³/mol. The Morgan fingerprint density at radius 1 is 1.08 bits per heavy atom. The van der Waals surface area contributed by atoms with Crippen LogP contribution in [0.4, 0.5) is 0 Å². The van der Waals surface area contributed by atoms with Gasteiger partial charge in [0.05, 0.1) is 18.0 Å². The molecule has 3 rings (SSSR count). The molecule has 1 heterocycles. The Kier molecular flexibility index (Phi) is 5.49. The van der Waals surface area contributed by atoms with Gasteiger partial charge in [-0.25, -0.2) is 5.43 Å². The van der Waals surface area contributed by atoms with E-state index < -0.39 is 0 Å². The van der Waals surface area contributed by atoms with E-state index in [1.54, 1.807) is 19.2 Å². The van der Waals surface area contributed by atoms with Crippen LogP contribution in [0.2, 0.25) is 0 Å². The Balaban J connectivity index is 1.51. The lowest BCUT2D eigenvalue weighted by molar-refractivity contribution is 0.0953. The van der Waals surface area contributed by atoms with E-state index >= 15 is 0 Å². The third-order valence-electron chi connectivity index (χ3n) is 3.89. The van der Waals surface area contributed by atoms with E-state index in [0.717, 1.165) is 16.9 Å². The molecule has 0 atom stereocenters. The minimum atomic E-state index is -0.300. The van der Waals surface area contributed by atoms with Gasteiger partial charge in [0.1, 0.15) is 18.1 Å². The molecule has 0 saturated heterocycles. The van der Waals surface area contributed by atoms with Crippen LogP contribution in [0.15, 0.2) is 70.4 Å². The van der Waals surface area contributed by atoms with Gasteiger partial charge in [-0.1, -0.05) is 29.8 Å². The second-order valence-electron chi connectivity index (χ2n) is 5.93. The van der Waals surface area contributed by atoms with E-state index in [4.69, 9.17) is 9.15 Å². The van der Waals surface area contributed by atoms with Crippen molar-refractivity contribution in [1.82, 2.24) is 5.43 Å². The quantitative estimate of drug-likeness (QED) is 0.535. The molecule has 1 amide bonds. The fourth-order valence-corrected chi connectivity index (χ4v) is 2.35.